The van der Waals surface area contributed by atoms with Gasteiger partial charge in [0.05, 0.1) is 19.3 Å². The normalized spacial score (nSPS) is 15.0. The number of methoxy groups -OCH3 is 1. The highest BCUT2D eigenvalue weighted by molar-refractivity contribution is 7.98. The second-order valence-electron chi connectivity index (χ2n) is 7.76. The van der Waals surface area contributed by atoms with Gasteiger partial charge in [0.15, 0.2) is 11.0 Å². The van der Waals surface area contributed by atoms with Gasteiger partial charge in [0.1, 0.15) is 17.3 Å². The summed E-state index contributed by atoms with van der Waals surface area (Å²) in [5, 5.41) is 9.58. The molecule has 2 heterocycles. The summed E-state index contributed by atoms with van der Waals surface area (Å²) >= 11 is 1.49. The van der Waals surface area contributed by atoms with Crippen molar-refractivity contribution in [1.29, 1.82) is 0 Å². The first-order valence-corrected chi connectivity index (χ1v) is 12.0. The van der Waals surface area contributed by atoms with Crippen molar-refractivity contribution in [3.63, 3.8) is 0 Å². The summed E-state index contributed by atoms with van der Waals surface area (Å²) in [6.07, 6.45) is -0.528. The Hall–Kier alpha value is -3.36. The molecule has 0 saturated carbocycles. The van der Waals surface area contributed by atoms with Crippen molar-refractivity contribution in [2.75, 3.05) is 7.11 Å². The lowest BCUT2D eigenvalue weighted by Crippen LogP contribution is -2.19. The Morgan fingerprint density at radius 2 is 1.88 bits per heavy atom. The van der Waals surface area contributed by atoms with E-state index in [2.05, 4.69) is 10.2 Å². The number of benzene rings is 3. The zero-order valence-corrected chi connectivity index (χ0v) is 19.7. The predicted molar refractivity (Wildman–Crippen MR) is 128 cm³/mol. The Morgan fingerprint density at radius 3 is 2.68 bits per heavy atom. The molecule has 4 aromatic rings. The third kappa shape index (κ3) is 4.38. The summed E-state index contributed by atoms with van der Waals surface area (Å²) in [6, 6.07) is 20.5. The molecular formula is C26H24FN3O3S. The molecule has 0 bridgehead atoms. The van der Waals surface area contributed by atoms with Crippen LogP contribution < -0.4 is 9.47 Å². The number of para-hydroxylation sites is 1. The Balaban J connectivity index is 1.41. The van der Waals surface area contributed by atoms with E-state index in [0.29, 0.717) is 23.6 Å². The first-order valence-electron chi connectivity index (χ1n) is 11.0. The third-order valence-corrected chi connectivity index (χ3v) is 6.65. The maximum atomic E-state index is 14.4. The van der Waals surface area contributed by atoms with E-state index in [0.717, 1.165) is 33.4 Å². The van der Waals surface area contributed by atoms with Crippen LogP contribution in [0.5, 0.6) is 11.5 Å². The lowest BCUT2D eigenvalue weighted by atomic mass is 10.1. The van der Waals surface area contributed by atoms with Crippen LogP contribution in [0.4, 0.5) is 4.39 Å². The van der Waals surface area contributed by atoms with Crippen LogP contribution in [0, 0.1) is 5.82 Å². The molecule has 0 radical (unpaired) electrons. The fraction of sp³-hybridized carbons (Fsp3) is 0.231. The molecule has 0 amide bonds. The summed E-state index contributed by atoms with van der Waals surface area (Å²) in [6.45, 7) is 3.01. The molecule has 1 unspecified atom stereocenters. The van der Waals surface area contributed by atoms with Crippen LogP contribution in [0.15, 0.2) is 71.9 Å². The van der Waals surface area contributed by atoms with Crippen molar-refractivity contribution in [2.45, 2.75) is 37.3 Å². The molecular weight excluding hydrogens is 453 g/mol. The summed E-state index contributed by atoms with van der Waals surface area (Å²) in [4.78, 5) is 0. The Labute approximate surface area is 201 Å². The van der Waals surface area contributed by atoms with Gasteiger partial charge in [-0.15, -0.1) is 10.2 Å². The zero-order chi connectivity index (χ0) is 23.5. The Kier molecular flexibility index (Phi) is 6.51. The number of hydrogen-bond acceptors (Lipinski definition) is 6. The van der Waals surface area contributed by atoms with Crippen LogP contribution in [0.1, 0.15) is 29.9 Å². The summed E-state index contributed by atoms with van der Waals surface area (Å²) in [7, 11) is 1.64. The van der Waals surface area contributed by atoms with Gasteiger partial charge in [0, 0.05) is 29.0 Å². The van der Waals surface area contributed by atoms with Crippen molar-refractivity contribution >= 4 is 11.8 Å². The lowest BCUT2D eigenvalue weighted by Gasteiger charge is -2.28. The molecule has 8 heteroatoms. The first-order chi connectivity index (χ1) is 16.7. The monoisotopic (exact) mass is 477 g/mol. The van der Waals surface area contributed by atoms with Gasteiger partial charge in [-0.1, -0.05) is 54.2 Å². The molecule has 0 spiro atoms. The molecule has 34 heavy (non-hydrogen) atoms. The van der Waals surface area contributed by atoms with Crippen molar-refractivity contribution in [2.24, 2.45) is 0 Å². The van der Waals surface area contributed by atoms with E-state index in [4.69, 9.17) is 14.2 Å². The van der Waals surface area contributed by atoms with Gasteiger partial charge < -0.3 is 18.8 Å². The fourth-order valence-electron chi connectivity index (χ4n) is 4.01. The molecule has 6 nitrogen and oxygen atoms in total. The molecule has 0 N–H and O–H groups in total. The molecule has 5 rings (SSSR count). The molecule has 1 atom stereocenters. The lowest BCUT2D eigenvalue weighted by molar-refractivity contribution is -0.112. The zero-order valence-electron chi connectivity index (χ0n) is 18.9. The van der Waals surface area contributed by atoms with Crippen molar-refractivity contribution in [3.05, 3.63) is 89.2 Å². The van der Waals surface area contributed by atoms with Gasteiger partial charge in [0.25, 0.3) is 0 Å². The van der Waals surface area contributed by atoms with Gasteiger partial charge in [0.2, 0.25) is 6.29 Å². The van der Waals surface area contributed by atoms with Crippen molar-refractivity contribution in [1.82, 2.24) is 14.8 Å². The largest absolute Gasteiger partial charge is 0.496 e. The average Bonchev–Trinajstić information content (AvgIpc) is 3.30. The molecule has 1 aromatic heterocycles. The van der Waals surface area contributed by atoms with E-state index in [-0.39, 0.29) is 12.4 Å². The SMILES string of the molecule is CCn1c(SCc2cc(F)cc3c2OC(c2ccccc2)OC3)nnc1-c1ccccc1OC. The second kappa shape index (κ2) is 9.87. The fourth-order valence-corrected chi connectivity index (χ4v) is 4.98. The number of rotatable bonds is 7. The first kappa shape index (κ1) is 22.4. The van der Waals surface area contributed by atoms with E-state index < -0.39 is 6.29 Å². The van der Waals surface area contributed by atoms with Gasteiger partial charge >= 0.3 is 0 Å². The highest BCUT2D eigenvalue weighted by atomic mass is 32.2. The number of halogens is 1. The standard InChI is InChI=1S/C26H24FN3O3S/c1-3-30-24(21-11-7-8-12-22(21)31-2)28-29-26(30)34-16-19-14-20(27)13-18-15-32-25(33-23(18)19)17-9-5-4-6-10-17/h4-14,25H,3,15-16H2,1-2H3. The number of hydrogen-bond donors (Lipinski definition) is 0. The highest BCUT2D eigenvalue weighted by Crippen LogP contribution is 2.39. The summed E-state index contributed by atoms with van der Waals surface area (Å²) in [5.74, 6) is 2.30. The van der Waals surface area contributed by atoms with E-state index in [1.807, 2.05) is 66.1 Å². The highest BCUT2D eigenvalue weighted by Gasteiger charge is 2.26. The van der Waals surface area contributed by atoms with Crippen LogP contribution >= 0.6 is 11.8 Å². The minimum atomic E-state index is -0.528. The Morgan fingerprint density at radius 1 is 1.09 bits per heavy atom. The smallest absolute Gasteiger partial charge is 0.227 e. The molecule has 0 aliphatic carbocycles. The molecule has 3 aromatic carbocycles. The summed E-state index contributed by atoms with van der Waals surface area (Å²) in [5.41, 5.74) is 3.26. The summed E-state index contributed by atoms with van der Waals surface area (Å²) < 4.78 is 34.0. The third-order valence-electron chi connectivity index (χ3n) is 5.63. The van der Waals surface area contributed by atoms with Gasteiger partial charge in [-0.2, -0.15) is 0 Å². The predicted octanol–water partition coefficient (Wildman–Crippen LogP) is 6.01. The van der Waals surface area contributed by atoms with Gasteiger partial charge in [-0.05, 0) is 31.2 Å². The quantitative estimate of drug-likeness (QED) is 0.304. The maximum absolute atomic E-state index is 14.4. The number of nitrogens with zero attached hydrogens (tertiary/aromatic N) is 3. The van der Waals surface area contributed by atoms with E-state index in [1.54, 1.807) is 7.11 Å². The number of thioether (sulfide) groups is 1. The maximum Gasteiger partial charge on any atom is 0.227 e. The van der Waals surface area contributed by atoms with E-state index in [1.165, 1.54) is 23.9 Å². The topological polar surface area (TPSA) is 58.4 Å². The Bertz CT molecular complexity index is 1300. The van der Waals surface area contributed by atoms with Crippen LogP contribution in [0.2, 0.25) is 0 Å². The minimum Gasteiger partial charge on any atom is -0.496 e. The van der Waals surface area contributed by atoms with E-state index in [9.17, 15) is 4.39 Å². The molecule has 1 aliphatic rings. The van der Waals surface area contributed by atoms with Crippen LogP contribution in [-0.4, -0.2) is 21.9 Å². The van der Waals surface area contributed by atoms with Crippen molar-refractivity contribution < 1.29 is 18.6 Å². The average molecular weight is 478 g/mol. The van der Waals surface area contributed by atoms with Crippen LogP contribution in [0.3, 0.4) is 0 Å². The molecule has 1 aliphatic heterocycles. The van der Waals surface area contributed by atoms with Gasteiger partial charge in [-0.25, -0.2) is 4.39 Å². The minimum absolute atomic E-state index is 0.285. The molecule has 0 saturated heterocycles. The van der Waals surface area contributed by atoms with Crippen LogP contribution in [-0.2, 0) is 23.6 Å². The molecule has 0 fully saturated rings. The number of ether oxygens (including phenoxy) is 3. The van der Waals surface area contributed by atoms with Crippen LogP contribution in [0.25, 0.3) is 11.4 Å². The van der Waals surface area contributed by atoms with Crippen molar-refractivity contribution in [3.8, 4) is 22.9 Å². The number of aromatic nitrogens is 3. The van der Waals surface area contributed by atoms with E-state index >= 15 is 0 Å². The number of fused-ring (bicyclic) bond motifs is 1. The second-order valence-corrected chi connectivity index (χ2v) is 8.71. The van der Waals surface area contributed by atoms with Gasteiger partial charge in [-0.3, -0.25) is 0 Å². The molecule has 174 valence electrons.